The van der Waals surface area contributed by atoms with Crippen molar-refractivity contribution in [2.24, 2.45) is 0 Å². The topological polar surface area (TPSA) is 72.5 Å². The SMILES string of the molecule is COC(=O)CCCCCCCC(NS(=O)(=O)c1ccc(Br)cc1)c1ccc(F)cc1. The maximum atomic E-state index is 13.3. The minimum absolute atomic E-state index is 0.181. The molecule has 0 spiro atoms. The van der Waals surface area contributed by atoms with Crippen molar-refractivity contribution in [2.45, 2.75) is 55.9 Å². The number of hydrogen-bond donors (Lipinski definition) is 1. The quantitative estimate of drug-likeness (QED) is 0.308. The number of unbranched alkanes of at least 4 members (excludes halogenated alkanes) is 4. The number of carbonyl (C=O) groups excluding carboxylic acids is 1. The molecule has 1 N–H and O–H groups in total. The van der Waals surface area contributed by atoms with Crippen LogP contribution >= 0.6 is 15.9 Å². The maximum Gasteiger partial charge on any atom is 0.305 e. The van der Waals surface area contributed by atoms with Crippen LogP contribution in [0.15, 0.2) is 57.9 Å². The van der Waals surface area contributed by atoms with Gasteiger partial charge in [-0.05, 0) is 54.8 Å². The number of sulfonamides is 1. The molecule has 2 aromatic carbocycles. The van der Waals surface area contributed by atoms with Gasteiger partial charge in [-0.2, -0.15) is 0 Å². The minimum atomic E-state index is -3.71. The number of rotatable bonds is 12. The number of esters is 1. The number of benzene rings is 2. The van der Waals surface area contributed by atoms with Crippen LogP contribution in [0.2, 0.25) is 0 Å². The first kappa shape index (κ1) is 24.5. The molecule has 1 atom stereocenters. The van der Waals surface area contributed by atoms with E-state index < -0.39 is 16.1 Å². The van der Waals surface area contributed by atoms with E-state index in [0.717, 1.165) is 42.1 Å². The molecule has 30 heavy (non-hydrogen) atoms. The van der Waals surface area contributed by atoms with Gasteiger partial charge in [-0.25, -0.2) is 17.5 Å². The van der Waals surface area contributed by atoms with Crippen LogP contribution in [0.1, 0.15) is 56.6 Å². The van der Waals surface area contributed by atoms with Crippen molar-refractivity contribution in [1.82, 2.24) is 4.72 Å². The number of hydrogen-bond acceptors (Lipinski definition) is 4. The summed E-state index contributed by atoms with van der Waals surface area (Å²) in [6, 6.07) is 11.9. The lowest BCUT2D eigenvalue weighted by atomic mass is 10.0. The lowest BCUT2D eigenvalue weighted by molar-refractivity contribution is -0.140. The van der Waals surface area contributed by atoms with Gasteiger partial charge in [-0.15, -0.1) is 0 Å². The van der Waals surface area contributed by atoms with E-state index in [-0.39, 0.29) is 16.7 Å². The van der Waals surface area contributed by atoms with Crippen molar-refractivity contribution < 1.29 is 22.3 Å². The maximum absolute atomic E-state index is 13.3. The fourth-order valence-electron chi connectivity index (χ4n) is 3.11. The molecular formula is C22H27BrFNO4S. The first-order valence-corrected chi connectivity index (χ1v) is 12.2. The molecule has 0 fully saturated rings. The highest BCUT2D eigenvalue weighted by Gasteiger charge is 2.21. The normalized spacial score (nSPS) is 12.5. The average Bonchev–Trinajstić information content (AvgIpc) is 2.72. The van der Waals surface area contributed by atoms with E-state index in [9.17, 15) is 17.6 Å². The van der Waals surface area contributed by atoms with E-state index in [1.807, 2.05) is 0 Å². The summed E-state index contributed by atoms with van der Waals surface area (Å²) in [6.07, 6.45) is 5.39. The van der Waals surface area contributed by atoms with Gasteiger partial charge >= 0.3 is 5.97 Å². The lowest BCUT2D eigenvalue weighted by Crippen LogP contribution is -2.28. The number of carbonyl (C=O) groups is 1. The minimum Gasteiger partial charge on any atom is -0.469 e. The molecule has 0 saturated carbocycles. The highest BCUT2D eigenvalue weighted by molar-refractivity contribution is 9.10. The summed E-state index contributed by atoms with van der Waals surface area (Å²) in [6.45, 7) is 0. The lowest BCUT2D eigenvalue weighted by Gasteiger charge is -2.19. The Hall–Kier alpha value is -1.77. The first-order chi connectivity index (χ1) is 14.3. The summed E-state index contributed by atoms with van der Waals surface area (Å²) in [5.74, 6) is -0.562. The first-order valence-electron chi connectivity index (χ1n) is 9.92. The Morgan fingerprint density at radius 1 is 1.00 bits per heavy atom. The molecule has 0 heterocycles. The smallest absolute Gasteiger partial charge is 0.305 e. The van der Waals surface area contributed by atoms with E-state index in [0.29, 0.717) is 12.8 Å². The summed E-state index contributed by atoms with van der Waals surface area (Å²) in [5.41, 5.74) is 0.725. The van der Waals surface area contributed by atoms with Gasteiger partial charge in [0, 0.05) is 16.9 Å². The average molecular weight is 500 g/mol. The van der Waals surface area contributed by atoms with Gasteiger partial charge in [-0.1, -0.05) is 53.7 Å². The van der Waals surface area contributed by atoms with Crippen LogP contribution in [0.25, 0.3) is 0 Å². The predicted octanol–water partition coefficient (Wildman–Crippen LogP) is 5.51. The van der Waals surface area contributed by atoms with Crippen molar-refractivity contribution in [3.8, 4) is 0 Å². The highest BCUT2D eigenvalue weighted by atomic mass is 79.9. The Bertz CT molecular complexity index is 902. The molecule has 0 saturated heterocycles. The van der Waals surface area contributed by atoms with E-state index in [4.69, 9.17) is 0 Å². The van der Waals surface area contributed by atoms with Crippen LogP contribution in [-0.2, 0) is 19.6 Å². The van der Waals surface area contributed by atoms with Gasteiger partial charge in [0.25, 0.3) is 0 Å². The molecule has 5 nitrogen and oxygen atoms in total. The van der Waals surface area contributed by atoms with E-state index in [1.54, 1.807) is 24.3 Å². The molecule has 2 aromatic rings. The molecule has 0 radical (unpaired) electrons. The summed E-state index contributed by atoms with van der Waals surface area (Å²) in [7, 11) is -2.33. The van der Waals surface area contributed by atoms with Crippen LogP contribution in [0.4, 0.5) is 4.39 Å². The van der Waals surface area contributed by atoms with E-state index in [1.165, 1.54) is 31.4 Å². The third kappa shape index (κ3) is 8.16. The summed E-state index contributed by atoms with van der Waals surface area (Å²) < 4.78 is 47.1. The second-order valence-corrected chi connectivity index (χ2v) is 9.69. The molecular weight excluding hydrogens is 473 g/mol. The van der Waals surface area contributed by atoms with Gasteiger partial charge in [-0.3, -0.25) is 4.79 Å². The zero-order valence-electron chi connectivity index (χ0n) is 16.9. The Morgan fingerprint density at radius 3 is 2.23 bits per heavy atom. The number of ether oxygens (including phenoxy) is 1. The van der Waals surface area contributed by atoms with Gasteiger partial charge in [0.15, 0.2) is 0 Å². The second-order valence-electron chi connectivity index (χ2n) is 7.06. The fourth-order valence-corrected chi connectivity index (χ4v) is 4.63. The zero-order valence-corrected chi connectivity index (χ0v) is 19.3. The summed E-state index contributed by atoms with van der Waals surface area (Å²) >= 11 is 3.30. The van der Waals surface area contributed by atoms with Crippen LogP contribution < -0.4 is 4.72 Å². The second kappa shape index (κ2) is 12.2. The highest BCUT2D eigenvalue weighted by Crippen LogP contribution is 2.24. The van der Waals surface area contributed by atoms with Crippen LogP contribution in [0, 0.1) is 5.82 Å². The molecule has 0 aliphatic carbocycles. The van der Waals surface area contributed by atoms with Crippen molar-refractivity contribution in [2.75, 3.05) is 7.11 Å². The Kier molecular flexibility index (Phi) is 9.94. The third-order valence-electron chi connectivity index (χ3n) is 4.80. The van der Waals surface area contributed by atoms with Gasteiger partial charge in [0.2, 0.25) is 10.0 Å². The molecule has 0 aliphatic rings. The number of nitrogens with one attached hydrogen (secondary N) is 1. The van der Waals surface area contributed by atoms with Gasteiger partial charge < -0.3 is 4.74 Å². The number of methoxy groups -OCH3 is 1. The molecule has 0 bridgehead atoms. The van der Waals surface area contributed by atoms with Gasteiger partial charge in [0.05, 0.1) is 12.0 Å². The zero-order chi connectivity index (χ0) is 22.0. The Balaban J connectivity index is 1.97. The summed E-state index contributed by atoms with van der Waals surface area (Å²) in [5, 5.41) is 0. The molecule has 0 aromatic heterocycles. The standard InChI is InChI=1S/C22H27BrFNO4S/c1-29-22(26)8-6-4-2-3-5-7-21(17-9-13-19(24)14-10-17)25-30(27,28)20-15-11-18(23)12-16-20/h9-16,21,25H,2-8H2,1H3. The molecule has 164 valence electrons. The van der Waals surface area contributed by atoms with Crippen molar-refractivity contribution in [3.63, 3.8) is 0 Å². The number of halogens is 2. The van der Waals surface area contributed by atoms with Crippen LogP contribution in [0.5, 0.6) is 0 Å². The van der Waals surface area contributed by atoms with Crippen LogP contribution in [-0.4, -0.2) is 21.5 Å². The van der Waals surface area contributed by atoms with Crippen LogP contribution in [0.3, 0.4) is 0 Å². The van der Waals surface area contributed by atoms with Gasteiger partial charge in [0.1, 0.15) is 5.82 Å². The predicted molar refractivity (Wildman–Crippen MR) is 118 cm³/mol. The monoisotopic (exact) mass is 499 g/mol. The molecule has 8 heteroatoms. The van der Waals surface area contributed by atoms with Crippen molar-refractivity contribution >= 4 is 31.9 Å². The summed E-state index contributed by atoms with van der Waals surface area (Å²) in [4.78, 5) is 11.3. The Labute approximate surface area is 186 Å². The molecule has 0 amide bonds. The van der Waals surface area contributed by atoms with E-state index in [2.05, 4.69) is 25.4 Å². The third-order valence-corrected chi connectivity index (χ3v) is 6.81. The largest absolute Gasteiger partial charge is 0.469 e. The van der Waals surface area contributed by atoms with Crippen molar-refractivity contribution in [3.05, 3.63) is 64.4 Å². The Morgan fingerprint density at radius 2 is 1.60 bits per heavy atom. The molecule has 1 unspecified atom stereocenters. The molecule has 0 aliphatic heterocycles. The molecule has 2 rings (SSSR count). The van der Waals surface area contributed by atoms with E-state index >= 15 is 0 Å². The fraction of sp³-hybridized carbons (Fsp3) is 0.409. The van der Waals surface area contributed by atoms with Crippen molar-refractivity contribution in [1.29, 1.82) is 0 Å².